The summed E-state index contributed by atoms with van der Waals surface area (Å²) in [6.07, 6.45) is 0. The number of nitrogens with one attached hydrogen (secondary N) is 2. The maximum atomic E-state index is 12.3. The van der Waals surface area contributed by atoms with Gasteiger partial charge >= 0.3 is 0 Å². The molecule has 1 aromatic rings. The molecule has 2 amide bonds. The molecule has 5 nitrogen and oxygen atoms in total. The molecule has 0 aliphatic carbocycles. The van der Waals surface area contributed by atoms with Crippen LogP contribution in [-0.4, -0.2) is 43.4 Å². The van der Waals surface area contributed by atoms with Crippen molar-refractivity contribution in [3.8, 4) is 0 Å². The molecule has 2 rings (SSSR count). The summed E-state index contributed by atoms with van der Waals surface area (Å²) in [5.74, 6) is 0.214. The Morgan fingerprint density at radius 1 is 1.32 bits per heavy atom. The van der Waals surface area contributed by atoms with E-state index >= 15 is 0 Å². The highest BCUT2D eigenvalue weighted by atomic mass is 16.2. The standard InChI is InChI=1S/C17H25N3O2/c1-11-6-5-7-12(2)16(11)19-15(21)10-20(4)17(22)13(3)14-8-18-9-14/h5-7,13-14,18H,8-10H2,1-4H3,(H,19,21). The smallest absolute Gasteiger partial charge is 0.243 e. The molecule has 1 atom stereocenters. The van der Waals surface area contributed by atoms with E-state index in [2.05, 4.69) is 10.6 Å². The SMILES string of the molecule is Cc1cccc(C)c1NC(=O)CN(C)C(=O)C(C)C1CNC1. The lowest BCUT2D eigenvalue weighted by Crippen LogP contribution is -2.50. The highest BCUT2D eigenvalue weighted by molar-refractivity contribution is 5.95. The van der Waals surface area contributed by atoms with Crippen molar-refractivity contribution in [2.75, 3.05) is 32.0 Å². The van der Waals surface area contributed by atoms with E-state index in [1.165, 1.54) is 4.90 Å². The fourth-order valence-electron chi connectivity index (χ4n) is 2.70. The third kappa shape index (κ3) is 3.65. The van der Waals surface area contributed by atoms with Crippen LogP contribution in [0.1, 0.15) is 18.1 Å². The second-order valence-electron chi connectivity index (χ2n) is 6.22. The molecular formula is C17H25N3O2. The number of rotatable bonds is 5. The third-order valence-corrected chi connectivity index (χ3v) is 4.41. The number of benzene rings is 1. The number of amides is 2. The predicted molar refractivity (Wildman–Crippen MR) is 87.7 cm³/mol. The van der Waals surface area contributed by atoms with Crippen LogP contribution in [0.3, 0.4) is 0 Å². The lowest BCUT2D eigenvalue weighted by molar-refractivity contribution is -0.138. The molecule has 1 saturated heterocycles. The first-order valence-electron chi connectivity index (χ1n) is 7.72. The van der Waals surface area contributed by atoms with E-state index in [4.69, 9.17) is 0 Å². The number of likely N-dealkylation sites (N-methyl/N-ethyl adjacent to an activating group) is 1. The highest BCUT2D eigenvalue weighted by Crippen LogP contribution is 2.20. The van der Waals surface area contributed by atoms with E-state index in [1.807, 2.05) is 39.0 Å². The summed E-state index contributed by atoms with van der Waals surface area (Å²) in [5, 5.41) is 6.09. The molecule has 0 radical (unpaired) electrons. The molecule has 1 unspecified atom stereocenters. The normalized spacial score (nSPS) is 15.8. The fourth-order valence-corrected chi connectivity index (χ4v) is 2.70. The first-order valence-corrected chi connectivity index (χ1v) is 7.72. The summed E-state index contributed by atoms with van der Waals surface area (Å²) in [6.45, 7) is 7.71. The third-order valence-electron chi connectivity index (χ3n) is 4.41. The monoisotopic (exact) mass is 303 g/mol. The van der Waals surface area contributed by atoms with Crippen molar-refractivity contribution >= 4 is 17.5 Å². The lowest BCUT2D eigenvalue weighted by atomic mass is 9.88. The molecule has 22 heavy (non-hydrogen) atoms. The lowest BCUT2D eigenvalue weighted by Gasteiger charge is -2.33. The van der Waals surface area contributed by atoms with E-state index in [-0.39, 0.29) is 24.3 Å². The number of carbonyl (C=O) groups excluding carboxylic acids is 2. The number of hydrogen-bond acceptors (Lipinski definition) is 3. The summed E-state index contributed by atoms with van der Waals surface area (Å²) >= 11 is 0. The van der Waals surface area contributed by atoms with Crippen LogP contribution in [0.25, 0.3) is 0 Å². The van der Waals surface area contributed by atoms with Gasteiger partial charge in [-0.05, 0) is 44.0 Å². The van der Waals surface area contributed by atoms with Crippen LogP contribution in [-0.2, 0) is 9.59 Å². The van der Waals surface area contributed by atoms with Crippen LogP contribution in [0.15, 0.2) is 18.2 Å². The largest absolute Gasteiger partial charge is 0.336 e. The molecule has 1 aliphatic rings. The van der Waals surface area contributed by atoms with E-state index < -0.39 is 0 Å². The summed E-state index contributed by atoms with van der Waals surface area (Å²) < 4.78 is 0. The molecule has 1 aromatic carbocycles. The number of anilines is 1. The van der Waals surface area contributed by atoms with Gasteiger partial charge in [0.15, 0.2) is 0 Å². The van der Waals surface area contributed by atoms with Crippen molar-refractivity contribution < 1.29 is 9.59 Å². The minimum atomic E-state index is -0.160. The Kier molecular flexibility index (Phi) is 5.19. The van der Waals surface area contributed by atoms with Crippen molar-refractivity contribution in [1.82, 2.24) is 10.2 Å². The Bertz CT molecular complexity index is 547. The minimum absolute atomic E-state index is 0.0307. The van der Waals surface area contributed by atoms with Crippen LogP contribution < -0.4 is 10.6 Å². The number of nitrogens with zero attached hydrogens (tertiary/aromatic N) is 1. The van der Waals surface area contributed by atoms with Crippen molar-refractivity contribution in [2.24, 2.45) is 11.8 Å². The maximum Gasteiger partial charge on any atom is 0.243 e. The molecule has 1 aliphatic heterocycles. The van der Waals surface area contributed by atoms with Crippen molar-refractivity contribution in [3.63, 3.8) is 0 Å². The van der Waals surface area contributed by atoms with Crippen LogP contribution >= 0.6 is 0 Å². The van der Waals surface area contributed by atoms with Gasteiger partial charge in [-0.25, -0.2) is 0 Å². The zero-order valence-electron chi connectivity index (χ0n) is 13.8. The quantitative estimate of drug-likeness (QED) is 0.868. The maximum absolute atomic E-state index is 12.3. The van der Waals surface area contributed by atoms with Gasteiger partial charge in [0.1, 0.15) is 0 Å². The molecular weight excluding hydrogens is 278 g/mol. The van der Waals surface area contributed by atoms with E-state index in [0.29, 0.717) is 5.92 Å². The molecule has 0 spiro atoms. The van der Waals surface area contributed by atoms with Gasteiger partial charge in [-0.3, -0.25) is 9.59 Å². The molecule has 0 saturated carbocycles. The van der Waals surface area contributed by atoms with Gasteiger partial charge in [0.2, 0.25) is 11.8 Å². The van der Waals surface area contributed by atoms with Gasteiger partial charge in [0.05, 0.1) is 6.54 Å². The number of para-hydroxylation sites is 1. The van der Waals surface area contributed by atoms with Crippen LogP contribution in [0, 0.1) is 25.7 Å². The molecule has 2 N–H and O–H groups in total. The average molecular weight is 303 g/mol. The first-order chi connectivity index (χ1) is 10.4. The zero-order chi connectivity index (χ0) is 16.3. The van der Waals surface area contributed by atoms with Gasteiger partial charge in [-0.15, -0.1) is 0 Å². The van der Waals surface area contributed by atoms with E-state index in [0.717, 1.165) is 29.9 Å². The summed E-state index contributed by atoms with van der Waals surface area (Å²) in [5.41, 5.74) is 2.89. The van der Waals surface area contributed by atoms with Crippen molar-refractivity contribution in [3.05, 3.63) is 29.3 Å². The second-order valence-corrected chi connectivity index (χ2v) is 6.22. The Balaban J connectivity index is 1.92. The molecule has 0 aromatic heterocycles. The Hall–Kier alpha value is -1.88. The van der Waals surface area contributed by atoms with Gasteiger partial charge in [-0.2, -0.15) is 0 Å². The minimum Gasteiger partial charge on any atom is -0.336 e. The molecule has 1 fully saturated rings. The second kappa shape index (κ2) is 6.92. The van der Waals surface area contributed by atoms with Crippen LogP contribution in [0.5, 0.6) is 0 Å². The Morgan fingerprint density at radius 2 is 1.91 bits per heavy atom. The molecule has 1 heterocycles. The molecule has 0 bridgehead atoms. The van der Waals surface area contributed by atoms with Crippen LogP contribution in [0.4, 0.5) is 5.69 Å². The Morgan fingerprint density at radius 3 is 2.41 bits per heavy atom. The van der Waals surface area contributed by atoms with Crippen LogP contribution in [0.2, 0.25) is 0 Å². The van der Waals surface area contributed by atoms with E-state index in [1.54, 1.807) is 7.05 Å². The van der Waals surface area contributed by atoms with E-state index in [9.17, 15) is 9.59 Å². The van der Waals surface area contributed by atoms with Crippen molar-refractivity contribution in [1.29, 1.82) is 0 Å². The number of aryl methyl sites for hydroxylation is 2. The van der Waals surface area contributed by atoms with Gasteiger partial charge in [0, 0.05) is 18.7 Å². The average Bonchev–Trinajstić information content (AvgIpc) is 2.40. The Labute approximate surface area is 132 Å². The molecule has 120 valence electrons. The predicted octanol–water partition coefficient (Wildman–Crippen LogP) is 1.56. The summed E-state index contributed by atoms with van der Waals surface area (Å²) in [4.78, 5) is 26.0. The summed E-state index contributed by atoms with van der Waals surface area (Å²) in [7, 11) is 1.69. The first kappa shape index (κ1) is 16.5. The van der Waals surface area contributed by atoms with Gasteiger partial charge in [0.25, 0.3) is 0 Å². The van der Waals surface area contributed by atoms with Gasteiger partial charge in [-0.1, -0.05) is 25.1 Å². The zero-order valence-corrected chi connectivity index (χ0v) is 13.8. The number of carbonyl (C=O) groups is 2. The summed E-state index contributed by atoms with van der Waals surface area (Å²) in [6, 6.07) is 5.89. The number of hydrogen-bond donors (Lipinski definition) is 2. The highest BCUT2D eigenvalue weighted by Gasteiger charge is 2.31. The fraction of sp³-hybridized carbons (Fsp3) is 0.529. The van der Waals surface area contributed by atoms with Crippen molar-refractivity contribution in [2.45, 2.75) is 20.8 Å². The molecule has 5 heteroatoms. The van der Waals surface area contributed by atoms with Gasteiger partial charge < -0.3 is 15.5 Å². The topological polar surface area (TPSA) is 61.4 Å².